The molecule has 1 amide bonds. The second-order valence-corrected chi connectivity index (χ2v) is 5.26. The highest BCUT2D eigenvalue weighted by molar-refractivity contribution is 5.78. The molecule has 1 aromatic carbocycles. The SMILES string of the molecule is Cc1nc(CN2CC(Cc3ccccc3)CC2=O)no1. The number of aryl methyl sites for hydroxylation is 1. The van der Waals surface area contributed by atoms with Crippen molar-refractivity contribution in [3.8, 4) is 0 Å². The fourth-order valence-corrected chi connectivity index (χ4v) is 2.67. The summed E-state index contributed by atoms with van der Waals surface area (Å²) in [5.41, 5.74) is 1.28. The minimum atomic E-state index is 0.174. The molecule has 20 heavy (non-hydrogen) atoms. The van der Waals surface area contributed by atoms with E-state index < -0.39 is 0 Å². The molecule has 1 aliphatic heterocycles. The van der Waals surface area contributed by atoms with E-state index in [4.69, 9.17) is 4.52 Å². The van der Waals surface area contributed by atoms with E-state index in [1.54, 1.807) is 6.92 Å². The molecular weight excluding hydrogens is 254 g/mol. The van der Waals surface area contributed by atoms with Gasteiger partial charge in [0, 0.05) is 19.9 Å². The van der Waals surface area contributed by atoms with E-state index >= 15 is 0 Å². The number of carbonyl (C=O) groups is 1. The summed E-state index contributed by atoms with van der Waals surface area (Å²) in [6, 6.07) is 10.3. The van der Waals surface area contributed by atoms with Crippen LogP contribution in [0.15, 0.2) is 34.9 Å². The summed E-state index contributed by atoms with van der Waals surface area (Å²) in [4.78, 5) is 18.0. The van der Waals surface area contributed by atoms with Gasteiger partial charge in [-0.05, 0) is 17.9 Å². The van der Waals surface area contributed by atoms with Crippen LogP contribution in [0.4, 0.5) is 0 Å². The molecule has 0 bridgehead atoms. The Balaban J connectivity index is 1.60. The third-order valence-corrected chi connectivity index (χ3v) is 3.56. The van der Waals surface area contributed by atoms with Gasteiger partial charge in [0.2, 0.25) is 11.8 Å². The van der Waals surface area contributed by atoms with Crippen LogP contribution in [0.25, 0.3) is 0 Å². The van der Waals surface area contributed by atoms with Gasteiger partial charge >= 0.3 is 0 Å². The zero-order valence-electron chi connectivity index (χ0n) is 11.5. The number of hydrogen-bond donors (Lipinski definition) is 0. The maximum Gasteiger partial charge on any atom is 0.223 e. The molecule has 0 N–H and O–H groups in total. The lowest BCUT2D eigenvalue weighted by Gasteiger charge is -2.14. The fraction of sp³-hybridized carbons (Fsp3) is 0.400. The lowest BCUT2D eigenvalue weighted by molar-refractivity contribution is -0.128. The van der Waals surface area contributed by atoms with Crippen LogP contribution in [0, 0.1) is 12.8 Å². The summed E-state index contributed by atoms with van der Waals surface area (Å²) < 4.78 is 4.93. The van der Waals surface area contributed by atoms with Crippen LogP contribution in [0.2, 0.25) is 0 Å². The van der Waals surface area contributed by atoms with Crippen LogP contribution in [0.1, 0.15) is 23.7 Å². The number of amides is 1. The first-order valence-electron chi connectivity index (χ1n) is 6.81. The van der Waals surface area contributed by atoms with Crippen LogP contribution in [0.3, 0.4) is 0 Å². The molecule has 1 fully saturated rings. The van der Waals surface area contributed by atoms with Crippen molar-refractivity contribution in [3.63, 3.8) is 0 Å². The van der Waals surface area contributed by atoms with Gasteiger partial charge in [-0.2, -0.15) is 4.98 Å². The number of benzene rings is 1. The highest BCUT2D eigenvalue weighted by Crippen LogP contribution is 2.23. The maximum absolute atomic E-state index is 12.0. The third-order valence-electron chi connectivity index (χ3n) is 3.56. The molecule has 2 heterocycles. The lowest BCUT2D eigenvalue weighted by Crippen LogP contribution is -2.25. The summed E-state index contributed by atoms with van der Waals surface area (Å²) in [5, 5.41) is 3.84. The van der Waals surface area contributed by atoms with Gasteiger partial charge < -0.3 is 9.42 Å². The van der Waals surface area contributed by atoms with Gasteiger partial charge in [-0.15, -0.1) is 0 Å². The molecule has 1 saturated heterocycles. The summed E-state index contributed by atoms with van der Waals surface area (Å²) in [5.74, 6) is 1.66. The molecule has 3 rings (SSSR count). The van der Waals surface area contributed by atoms with Gasteiger partial charge in [-0.3, -0.25) is 4.79 Å². The van der Waals surface area contributed by atoms with Gasteiger partial charge in [0.25, 0.3) is 0 Å². The predicted octanol–water partition coefficient (Wildman–Crippen LogP) is 1.97. The van der Waals surface area contributed by atoms with Crippen LogP contribution in [0.5, 0.6) is 0 Å². The third kappa shape index (κ3) is 2.87. The van der Waals surface area contributed by atoms with Crippen LogP contribution in [-0.2, 0) is 17.8 Å². The van der Waals surface area contributed by atoms with Crippen molar-refractivity contribution in [1.29, 1.82) is 0 Å². The molecule has 1 unspecified atom stereocenters. The van der Waals surface area contributed by atoms with E-state index in [0.717, 1.165) is 13.0 Å². The Morgan fingerprint density at radius 3 is 2.85 bits per heavy atom. The highest BCUT2D eigenvalue weighted by atomic mass is 16.5. The Morgan fingerprint density at radius 2 is 2.15 bits per heavy atom. The fourth-order valence-electron chi connectivity index (χ4n) is 2.67. The van der Waals surface area contributed by atoms with E-state index in [0.29, 0.717) is 30.6 Å². The van der Waals surface area contributed by atoms with Crippen molar-refractivity contribution < 1.29 is 9.32 Å². The number of carbonyl (C=O) groups excluding carboxylic acids is 1. The Labute approximate surface area is 117 Å². The monoisotopic (exact) mass is 271 g/mol. The van der Waals surface area contributed by atoms with Crippen molar-refractivity contribution in [2.24, 2.45) is 5.92 Å². The van der Waals surface area contributed by atoms with E-state index in [1.807, 2.05) is 23.1 Å². The number of hydrogen-bond acceptors (Lipinski definition) is 4. The first kappa shape index (κ1) is 12.8. The van der Waals surface area contributed by atoms with Gasteiger partial charge in [0.15, 0.2) is 5.82 Å². The molecule has 2 aromatic rings. The topological polar surface area (TPSA) is 59.2 Å². The van der Waals surface area contributed by atoms with Crippen molar-refractivity contribution in [2.75, 3.05) is 6.54 Å². The van der Waals surface area contributed by atoms with Gasteiger partial charge in [-0.1, -0.05) is 35.5 Å². The average Bonchev–Trinajstić information content (AvgIpc) is 2.98. The summed E-state index contributed by atoms with van der Waals surface area (Å²) in [6.07, 6.45) is 1.54. The Bertz CT molecular complexity index is 594. The smallest absolute Gasteiger partial charge is 0.223 e. The molecular formula is C15H17N3O2. The van der Waals surface area contributed by atoms with Crippen LogP contribution in [-0.4, -0.2) is 27.5 Å². The zero-order chi connectivity index (χ0) is 13.9. The molecule has 1 atom stereocenters. The van der Waals surface area contributed by atoms with E-state index in [-0.39, 0.29) is 5.91 Å². The first-order valence-corrected chi connectivity index (χ1v) is 6.81. The van der Waals surface area contributed by atoms with E-state index in [1.165, 1.54) is 5.56 Å². The first-order chi connectivity index (χ1) is 9.70. The highest BCUT2D eigenvalue weighted by Gasteiger charge is 2.30. The zero-order valence-corrected chi connectivity index (χ0v) is 11.5. The average molecular weight is 271 g/mol. The second kappa shape index (κ2) is 5.45. The Hall–Kier alpha value is -2.17. The molecule has 0 radical (unpaired) electrons. The van der Waals surface area contributed by atoms with Crippen LogP contribution >= 0.6 is 0 Å². The van der Waals surface area contributed by atoms with Gasteiger partial charge in [-0.25, -0.2) is 0 Å². The summed E-state index contributed by atoms with van der Waals surface area (Å²) >= 11 is 0. The van der Waals surface area contributed by atoms with Crippen molar-refractivity contribution >= 4 is 5.91 Å². The second-order valence-electron chi connectivity index (χ2n) is 5.26. The van der Waals surface area contributed by atoms with E-state index in [2.05, 4.69) is 22.3 Å². The Morgan fingerprint density at radius 1 is 1.35 bits per heavy atom. The number of aromatic nitrogens is 2. The number of likely N-dealkylation sites (tertiary alicyclic amines) is 1. The van der Waals surface area contributed by atoms with Gasteiger partial charge in [0.1, 0.15) is 0 Å². The van der Waals surface area contributed by atoms with Crippen molar-refractivity contribution in [1.82, 2.24) is 15.0 Å². The molecule has 0 aliphatic carbocycles. The number of nitrogens with zero attached hydrogens (tertiary/aromatic N) is 3. The molecule has 104 valence electrons. The summed E-state index contributed by atoms with van der Waals surface area (Å²) in [6.45, 7) is 2.96. The molecule has 5 nitrogen and oxygen atoms in total. The van der Waals surface area contributed by atoms with Crippen molar-refractivity contribution in [2.45, 2.75) is 26.3 Å². The normalized spacial score (nSPS) is 18.8. The predicted molar refractivity (Wildman–Crippen MR) is 72.7 cm³/mol. The minimum absolute atomic E-state index is 0.174. The molecule has 1 aromatic heterocycles. The largest absolute Gasteiger partial charge is 0.340 e. The quantitative estimate of drug-likeness (QED) is 0.853. The maximum atomic E-state index is 12.0. The molecule has 1 aliphatic rings. The minimum Gasteiger partial charge on any atom is -0.340 e. The molecule has 0 saturated carbocycles. The van der Waals surface area contributed by atoms with E-state index in [9.17, 15) is 4.79 Å². The number of rotatable bonds is 4. The lowest BCUT2D eigenvalue weighted by atomic mass is 9.99. The molecule has 0 spiro atoms. The van der Waals surface area contributed by atoms with Crippen molar-refractivity contribution in [3.05, 3.63) is 47.6 Å². The Kier molecular flexibility index (Phi) is 3.50. The summed E-state index contributed by atoms with van der Waals surface area (Å²) in [7, 11) is 0. The van der Waals surface area contributed by atoms with Gasteiger partial charge in [0.05, 0.1) is 6.54 Å². The van der Waals surface area contributed by atoms with Crippen LogP contribution < -0.4 is 0 Å². The molecule has 5 heteroatoms. The standard InChI is InChI=1S/C15H17N3O2/c1-11-16-14(17-20-11)10-18-9-13(8-15(18)19)7-12-5-3-2-4-6-12/h2-6,13H,7-10H2,1H3.